The van der Waals surface area contributed by atoms with Gasteiger partial charge in [-0.1, -0.05) is 152 Å². The first-order chi connectivity index (χ1) is 27.7. The maximum atomic E-state index is 6.57. The minimum absolute atomic E-state index is 0.602. The van der Waals surface area contributed by atoms with E-state index in [4.69, 9.17) is 19.4 Å². The third-order valence-electron chi connectivity index (χ3n) is 10.6. The van der Waals surface area contributed by atoms with Crippen molar-refractivity contribution in [2.75, 3.05) is 0 Å². The van der Waals surface area contributed by atoms with E-state index < -0.39 is 0 Å². The van der Waals surface area contributed by atoms with Crippen LogP contribution in [0.15, 0.2) is 192 Å². The lowest BCUT2D eigenvalue weighted by Crippen LogP contribution is -2.00. The summed E-state index contributed by atoms with van der Waals surface area (Å²) in [5.74, 6) is 1.88. The molecule has 3 aromatic heterocycles. The molecular weight excluding hydrogens is 703 g/mol. The minimum Gasteiger partial charge on any atom is -0.456 e. The fourth-order valence-electron chi connectivity index (χ4n) is 7.70. The van der Waals surface area contributed by atoms with E-state index in [1.54, 1.807) is 11.3 Å². The second kappa shape index (κ2) is 13.3. The smallest absolute Gasteiger partial charge is 0.165 e. The lowest BCUT2D eigenvalue weighted by molar-refractivity contribution is 0.669. The van der Waals surface area contributed by atoms with Crippen molar-refractivity contribution < 1.29 is 4.42 Å². The number of fused-ring (bicyclic) bond motifs is 6. The van der Waals surface area contributed by atoms with Gasteiger partial charge in [-0.25, -0.2) is 15.0 Å². The second-order valence-corrected chi connectivity index (χ2v) is 15.0. The Hall–Kier alpha value is -7.21. The lowest BCUT2D eigenvalue weighted by Gasteiger charge is -2.09. The van der Waals surface area contributed by atoms with Crippen molar-refractivity contribution in [1.82, 2.24) is 15.0 Å². The quantitative estimate of drug-likeness (QED) is 0.171. The van der Waals surface area contributed by atoms with E-state index >= 15 is 0 Å². The summed E-state index contributed by atoms with van der Waals surface area (Å²) in [5.41, 5.74) is 11.5. The van der Waals surface area contributed by atoms with Crippen molar-refractivity contribution in [3.8, 4) is 67.5 Å². The molecule has 0 bridgehead atoms. The largest absolute Gasteiger partial charge is 0.456 e. The molecule has 0 aliphatic heterocycles. The Bertz CT molecular complexity index is 3220. The zero-order valence-corrected chi connectivity index (χ0v) is 30.9. The van der Waals surface area contributed by atoms with Gasteiger partial charge in [0.05, 0.1) is 0 Å². The van der Waals surface area contributed by atoms with Gasteiger partial charge in [0.15, 0.2) is 17.5 Å². The van der Waals surface area contributed by atoms with Crippen molar-refractivity contribution in [1.29, 1.82) is 0 Å². The van der Waals surface area contributed by atoms with E-state index in [1.807, 2.05) is 36.4 Å². The molecule has 56 heavy (non-hydrogen) atoms. The van der Waals surface area contributed by atoms with Crippen molar-refractivity contribution >= 4 is 53.4 Å². The molecule has 0 saturated carbocycles. The second-order valence-electron chi connectivity index (χ2n) is 14.0. The monoisotopic (exact) mass is 733 g/mol. The molecule has 5 heteroatoms. The van der Waals surface area contributed by atoms with Crippen LogP contribution in [0, 0.1) is 0 Å². The average molecular weight is 734 g/mol. The highest BCUT2D eigenvalue weighted by molar-refractivity contribution is 7.26. The predicted octanol–water partition coefficient (Wildman–Crippen LogP) is 14.1. The zero-order chi connectivity index (χ0) is 37.0. The molecule has 262 valence electrons. The van der Waals surface area contributed by atoms with Crippen LogP contribution >= 0.6 is 11.3 Å². The Balaban J connectivity index is 0.947. The number of aromatic nitrogens is 3. The average Bonchev–Trinajstić information content (AvgIpc) is 3.85. The van der Waals surface area contributed by atoms with Crippen molar-refractivity contribution in [2.45, 2.75) is 0 Å². The fourth-order valence-corrected chi connectivity index (χ4v) is 8.91. The lowest BCUT2D eigenvalue weighted by atomic mass is 9.97. The first-order valence-electron chi connectivity index (χ1n) is 18.7. The molecular formula is C51H31N3OS. The molecule has 0 unspecified atom stereocenters. The molecule has 0 amide bonds. The maximum absolute atomic E-state index is 6.57. The van der Waals surface area contributed by atoms with Crippen LogP contribution in [0.2, 0.25) is 0 Å². The van der Waals surface area contributed by atoms with Crippen molar-refractivity contribution in [3.63, 3.8) is 0 Å². The summed E-state index contributed by atoms with van der Waals surface area (Å²) in [6.45, 7) is 0. The molecule has 8 aromatic carbocycles. The standard InChI is InChI=1S/C51H31N3OS/c1-3-10-32(11-4-1)33-18-20-34(21-19-33)35-22-24-36(25-23-35)38-26-28-40-41-29-27-39(31-46(41)55-45(40)30-38)50-52-49(37-12-5-2-6-13-37)53-51(54-50)44-16-9-15-43-42-14-7-8-17-47(42)56-48(43)44/h1-31H. The normalized spacial score (nSPS) is 11.6. The highest BCUT2D eigenvalue weighted by Crippen LogP contribution is 2.40. The van der Waals surface area contributed by atoms with Crippen molar-refractivity contribution in [2.24, 2.45) is 0 Å². The first kappa shape index (κ1) is 32.2. The van der Waals surface area contributed by atoms with Gasteiger partial charge in [0.25, 0.3) is 0 Å². The van der Waals surface area contributed by atoms with Crippen LogP contribution < -0.4 is 0 Å². The highest BCUT2D eigenvalue weighted by atomic mass is 32.1. The van der Waals surface area contributed by atoms with E-state index in [0.717, 1.165) is 49.8 Å². The Morgan fingerprint density at radius 3 is 1.45 bits per heavy atom. The summed E-state index contributed by atoms with van der Waals surface area (Å²) >= 11 is 1.77. The van der Waals surface area contributed by atoms with Crippen LogP contribution in [-0.2, 0) is 0 Å². The summed E-state index contributed by atoms with van der Waals surface area (Å²) in [6, 6.07) is 65.8. The molecule has 11 rings (SSSR count). The molecule has 0 radical (unpaired) electrons. The van der Waals surface area contributed by atoms with E-state index in [9.17, 15) is 0 Å². The number of hydrogen-bond donors (Lipinski definition) is 0. The summed E-state index contributed by atoms with van der Waals surface area (Å²) in [6.07, 6.45) is 0. The van der Waals surface area contributed by atoms with Gasteiger partial charge in [-0.3, -0.25) is 0 Å². The Morgan fingerprint density at radius 2 is 0.786 bits per heavy atom. The van der Waals surface area contributed by atoms with Gasteiger partial charge in [0, 0.05) is 47.6 Å². The third-order valence-corrected chi connectivity index (χ3v) is 11.8. The molecule has 0 N–H and O–H groups in total. The molecule has 0 aliphatic rings. The Kier molecular flexibility index (Phi) is 7.64. The minimum atomic E-state index is 0.602. The van der Waals surface area contributed by atoms with Gasteiger partial charge in [0.2, 0.25) is 0 Å². The molecule has 0 aliphatic carbocycles. The Morgan fingerprint density at radius 1 is 0.321 bits per heavy atom. The third kappa shape index (κ3) is 5.65. The van der Waals surface area contributed by atoms with Crippen LogP contribution in [0.25, 0.3) is 110 Å². The molecule has 3 heterocycles. The zero-order valence-electron chi connectivity index (χ0n) is 30.1. The van der Waals surface area contributed by atoms with E-state index in [2.05, 4.69) is 152 Å². The van der Waals surface area contributed by atoms with Crippen molar-refractivity contribution in [3.05, 3.63) is 188 Å². The van der Waals surface area contributed by atoms with Gasteiger partial charge in [-0.05, 0) is 69.8 Å². The van der Waals surface area contributed by atoms with Crippen LogP contribution in [0.1, 0.15) is 0 Å². The van der Waals surface area contributed by atoms with Crippen LogP contribution in [0.4, 0.5) is 0 Å². The fraction of sp³-hybridized carbons (Fsp3) is 0. The number of rotatable bonds is 6. The maximum Gasteiger partial charge on any atom is 0.165 e. The molecule has 4 nitrogen and oxygen atoms in total. The number of furan rings is 1. The van der Waals surface area contributed by atoms with Crippen LogP contribution in [0.3, 0.4) is 0 Å². The summed E-state index contributed by atoms with van der Waals surface area (Å²) in [4.78, 5) is 15.2. The topological polar surface area (TPSA) is 51.8 Å². The molecule has 0 fully saturated rings. The Labute approximate surface area is 327 Å². The predicted molar refractivity (Wildman–Crippen MR) is 233 cm³/mol. The van der Waals surface area contributed by atoms with Gasteiger partial charge in [0.1, 0.15) is 11.2 Å². The molecule has 11 aromatic rings. The SMILES string of the molecule is c1ccc(-c2ccc(-c3ccc(-c4ccc5c(c4)oc4cc(-c6nc(-c7ccccc7)nc(-c7cccc8c7sc7ccccc78)n6)ccc45)cc3)cc2)cc1. The van der Waals surface area contributed by atoms with Gasteiger partial charge >= 0.3 is 0 Å². The molecule has 0 atom stereocenters. The molecule has 0 spiro atoms. The summed E-state index contributed by atoms with van der Waals surface area (Å²) in [5, 5.41) is 4.58. The van der Waals surface area contributed by atoms with Gasteiger partial charge in [-0.2, -0.15) is 0 Å². The van der Waals surface area contributed by atoms with Crippen LogP contribution in [-0.4, -0.2) is 15.0 Å². The van der Waals surface area contributed by atoms with Crippen LogP contribution in [0.5, 0.6) is 0 Å². The van der Waals surface area contributed by atoms with E-state index in [0.29, 0.717) is 17.5 Å². The van der Waals surface area contributed by atoms with Gasteiger partial charge in [-0.15, -0.1) is 11.3 Å². The van der Waals surface area contributed by atoms with E-state index in [1.165, 1.54) is 42.4 Å². The summed E-state index contributed by atoms with van der Waals surface area (Å²) < 4.78 is 8.98. The highest BCUT2D eigenvalue weighted by Gasteiger charge is 2.18. The number of thiophene rings is 1. The summed E-state index contributed by atoms with van der Waals surface area (Å²) in [7, 11) is 0. The van der Waals surface area contributed by atoms with Gasteiger partial charge < -0.3 is 4.42 Å². The molecule has 0 saturated heterocycles. The number of nitrogens with zero attached hydrogens (tertiary/aromatic N) is 3. The first-order valence-corrected chi connectivity index (χ1v) is 19.5. The van der Waals surface area contributed by atoms with E-state index in [-0.39, 0.29) is 0 Å². The number of hydrogen-bond acceptors (Lipinski definition) is 5. The number of benzene rings is 8.